The van der Waals surface area contributed by atoms with E-state index in [1.165, 1.54) is 25.2 Å². The smallest absolute Gasteiger partial charge is 0.314 e. The van der Waals surface area contributed by atoms with E-state index in [0.29, 0.717) is 52.2 Å². The van der Waals surface area contributed by atoms with Gasteiger partial charge in [0.15, 0.2) is 0 Å². The molecule has 1 heterocycles. The number of allylic oxidation sites excluding steroid dienone is 2. The molecule has 1 aliphatic heterocycles. The number of hydrogen-bond donors (Lipinski definition) is 1. The predicted molar refractivity (Wildman–Crippen MR) is 153 cm³/mol. The summed E-state index contributed by atoms with van der Waals surface area (Å²) in [7, 11) is 1.46. The summed E-state index contributed by atoms with van der Waals surface area (Å²) in [6.45, 7) is 17.3. The molecule has 0 radical (unpaired) electrons. The van der Waals surface area contributed by atoms with Gasteiger partial charge in [-0.25, -0.2) is 13.6 Å². The number of azo groups is 1. The summed E-state index contributed by atoms with van der Waals surface area (Å²) in [5.74, 6) is -1.26. The molecule has 1 saturated carbocycles. The Morgan fingerprint density at radius 2 is 1.80 bits per heavy atom. The molecule has 1 saturated heterocycles. The minimum atomic E-state index is -0.700. The van der Waals surface area contributed by atoms with Crippen molar-refractivity contribution in [2.45, 2.75) is 47.0 Å². The van der Waals surface area contributed by atoms with Gasteiger partial charge in [0, 0.05) is 59.3 Å². The number of nitrogens with two attached hydrogens (primary N) is 1. The highest BCUT2D eigenvalue weighted by molar-refractivity contribution is 5.76. The second-order valence-electron chi connectivity index (χ2n) is 11.7. The van der Waals surface area contributed by atoms with Crippen LogP contribution < -0.4 is 5.73 Å². The predicted octanol–water partition coefficient (Wildman–Crippen LogP) is 5.32. The molecule has 220 valence electrons. The van der Waals surface area contributed by atoms with Crippen LogP contribution in [-0.4, -0.2) is 79.5 Å². The zero-order chi connectivity index (χ0) is 29.7. The molecule has 2 atom stereocenters. The molecule has 40 heavy (non-hydrogen) atoms. The van der Waals surface area contributed by atoms with Crippen molar-refractivity contribution in [1.29, 1.82) is 0 Å². The number of primary amides is 1. The van der Waals surface area contributed by atoms with Crippen LogP contribution >= 0.6 is 0 Å². The normalized spacial score (nSPS) is 23.5. The number of benzene rings is 1. The van der Waals surface area contributed by atoms with E-state index >= 15 is 0 Å². The number of halogens is 2. The number of rotatable bonds is 10. The first-order chi connectivity index (χ1) is 18.8. The SMILES string of the molecule is C=C(/C=C(\N=NC)c1c(F)cccc1F)[C@@H]1CC[C@@](C)(CN(CC)C(=O)CCN2CCN(C(N)=O)CC2)C1(C)C. The van der Waals surface area contributed by atoms with E-state index in [0.717, 1.165) is 18.4 Å². The second-order valence-corrected chi connectivity index (χ2v) is 11.7. The lowest BCUT2D eigenvalue weighted by molar-refractivity contribution is -0.134. The van der Waals surface area contributed by atoms with Gasteiger partial charge in [-0.2, -0.15) is 10.2 Å². The van der Waals surface area contributed by atoms with Gasteiger partial charge in [-0.15, -0.1) is 0 Å². The van der Waals surface area contributed by atoms with Gasteiger partial charge in [0.05, 0.1) is 11.3 Å². The molecule has 8 nitrogen and oxygen atoms in total. The quantitative estimate of drug-likeness (QED) is 0.311. The molecular formula is C30H44F2N6O2. The molecule has 0 bridgehead atoms. The van der Waals surface area contributed by atoms with Gasteiger partial charge in [-0.1, -0.05) is 33.4 Å². The molecular weight excluding hydrogens is 514 g/mol. The molecule has 2 aliphatic rings. The van der Waals surface area contributed by atoms with Crippen molar-refractivity contribution in [3.05, 3.63) is 53.6 Å². The number of carbonyl (C=O) groups is 2. The molecule has 3 amide bonds. The van der Waals surface area contributed by atoms with Crippen molar-refractivity contribution >= 4 is 17.6 Å². The van der Waals surface area contributed by atoms with E-state index < -0.39 is 17.7 Å². The first kappa shape index (κ1) is 31.4. The lowest BCUT2D eigenvalue weighted by atomic mass is 9.64. The monoisotopic (exact) mass is 558 g/mol. The molecule has 3 rings (SSSR count). The highest BCUT2D eigenvalue weighted by atomic mass is 19.1. The number of amides is 3. The first-order valence-corrected chi connectivity index (χ1v) is 14.0. The van der Waals surface area contributed by atoms with Crippen LogP contribution in [0.5, 0.6) is 0 Å². The Kier molecular flexibility index (Phi) is 10.2. The minimum Gasteiger partial charge on any atom is -0.351 e. The molecule has 0 unspecified atom stereocenters. The van der Waals surface area contributed by atoms with Gasteiger partial charge in [0.2, 0.25) is 5.91 Å². The molecule has 2 fully saturated rings. The van der Waals surface area contributed by atoms with Crippen LogP contribution in [0, 0.1) is 28.4 Å². The summed E-state index contributed by atoms with van der Waals surface area (Å²) in [6.07, 6.45) is 3.78. The van der Waals surface area contributed by atoms with Gasteiger partial charge in [0.1, 0.15) is 11.6 Å². The highest BCUT2D eigenvalue weighted by Crippen LogP contribution is 2.58. The van der Waals surface area contributed by atoms with E-state index in [1.54, 1.807) is 11.0 Å². The Labute approximate surface area is 237 Å². The first-order valence-electron chi connectivity index (χ1n) is 14.0. The van der Waals surface area contributed by atoms with Crippen molar-refractivity contribution < 1.29 is 18.4 Å². The highest BCUT2D eigenvalue weighted by Gasteiger charge is 2.52. The van der Waals surface area contributed by atoms with Crippen molar-refractivity contribution in [3.8, 4) is 0 Å². The van der Waals surface area contributed by atoms with Crippen molar-refractivity contribution in [1.82, 2.24) is 14.7 Å². The third-order valence-electron chi connectivity index (χ3n) is 9.21. The van der Waals surface area contributed by atoms with Gasteiger partial charge in [0.25, 0.3) is 0 Å². The van der Waals surface area contributed by atoms with E-state index in [2.05, 4.69) is 42.5 Å². The summed E-state index contributed by atoms with van der Waals surface area (Å²) in [5, 5.41) is 7.81. The van der Waals surface area contributed by atoms with Crippen molar-refractivity contribution in [2.75, 3.05) is 52.9 Å². The minimum absolute atomic E-state index is 0.0322. The van der Waals surface area contributed by atoms with Crippen LogP contribution in [0.1, 0.15) is 52.5 Å². The third-order valence-corrected chi connectivity index (χ3v) is 9.21. The van der Waals surface area contributed by atoms with Crippen LogP contribution in [0.3, 0.4) is 0 Å². The summed E-state index contributed by atoms with van der Waals surface area (Å²) in [6, 6.07) is 3.32. The van der Waals surface area contributed by atoms with Gasteiger partial charge in [-0.3, -0.25) is 9.69 Å². The lowest BCUT2D eigenvalue weighted by Gasteiger charge is -2.45. The number of hydrogen-bond acceptors (Lipinski definition) is 5. The Hall–Kier alpha value is -3.14. The molecule has 2 N–H and O–H groups in total. The molecule has 0 spiro atoms. The fourth-order valence-electron chi connectivity index (χ4n) is 6.18. The number of urea groups is 1. The number of carbonyl (C=O) groups excluding carboxylic acids is 2. The molecule has 1 aromatic rings. The summed E-state index contributed by atoms with van der Waals surface area (Å²) < 4.78 is 29.1. The molecule has 1 aliphatic carbocycles. The Morgan fingerprint density at radius 3 is 2.35 bits per heavy atom. The van der Waals surface area contributed by atoms with Crippen molar-refractivity contribution in [2.24, 2.45) is 32.7 Å². The fraction of sp³-hybridized carbons (Fsp3) is 0.600. The number of nitrogens with zero attached hydrogens (tertiary/aromatic N) is 5. The zero-order valence-electron chi connectivity index (χ0n) is 24.6. The summed E-state index contributed by atoms with van der Waals surface area (Å²) >= 11 is 0. The fourth-order valence-corrected chi connectivity index (χ4v) is 6.18. The van der Waals surface area contributed by atoms with Crippen LogP contribution in [-0.2, 0) is 4.79 Å². The standard InChI is InChI=1S/C30H44F2N6O2/c1-7-37(26(39)12-14-36-15-17-38(18-16-36)28(33)40)20-30(5)13-11-22(29(30,3)4)21(2)19-25(35-34-6)27-23(31)9-8-10-24(27)32/h8-10,19,22H,2,7,11-18,20H2,1,3-6H3,(H2,33,40)/b25-19-,35-34?/t22-,30-/m0/s1. The largest absolute Gasteiger partial charge is 0.351 e. The Balaban J connectivity index is 1.69. The average molecular weight is 559 g/mol. The van der Waals surface area contributed by atoms with Crippen molar-refractivity contribution in [3.63, 3.8) is 0 Å². The molecule has 10 heteroatoms. The Morgan fingerprint density at radius 1 is 1.18 bits per heavy atom. The number of piperazine rings is 1. The van der Waals surface area contributed by atoms with E-state index in [4.69, 9.17) is 5.73 Å². The third kappa shape index (κ3) is 6.77. The van der Waals surface area contributed by atoms with Crippen LogP contribution in [0.2, 0.25) is 0 Å². The van der Waals surface area contributed by atoms with Gasteiger partial charge >= 0.3 is 6.03 Å². The maximum absolute atomic E-state index is 14.5. The van der Waals surface area contributed by atoms with E-state index in [1.807, 2.05) is 11.8 Å². The van der Waals surface area contributed by atoms with E-state index in [9.17, 15) is 18.4 Å². The maximum atomic E-state index is 14.5. The van der Waals surface area contributed by atoms with Crippen LogP contribution in [0.4, 0.5) is 13.6 Å². The topological polar surface area (TPSA) is 94.6 Å². The van der Waals surface area contributed by atoms with Gasteiger partial charge < -0.3 is 15.5 Å². The second kappa shape index (κ2) is 13.0. The Bertz CT molecular complexity index is 1140. The average Bonchev–Trinajstić information content (AvgIpc) is 3.14. The lowest BCUT2D eigenvalue weighted by Crippen LogP contribution is -2.51. The summed E-state index contributed by atoms with van der Waals surface area (Å²) in [5.41, 5.74) is 5.56. The molecule has 1 aromatic carbocycles. The van der Waals surface area contributed by atoms with E-state index in [-0.39, 0.29) is 33.9 Å². The van der Waals surface area contributed by atoms with Crippen LogP contribution in [0.15, 0.2) is 46.7 Å². The summed E-state index contributed by atoms with van der Waals surface area (Å²) in [4.78, 5) is 30.4. The molecule has 0 aromatic heterocycles. The van der Waals surface area contributed by atoms with Gasteiger partial charge in [-0.05, 0) is 60.3 Å². The maximum Gasteiger partial charge on any atom is 0.314 e. The zero-order valence-corrected chi connectivity index (χ0v) is 24.6. The van der Waals surface area contributed by atoms with Crippen LogP contribution in [0.25, 0.3) is 5.70 Å².